The second-order valence-corrected chi connectivity index (χ2v) is 6.09. The van der Waals surface area contributed by atoms with Gasteiger partial charge >= 0.3 is 0 Å². The summed E-state index contributed by atoms with van der Waals surface area (Å²) in [6, 6.07) is 8.01. The molecule has 1 amide bonds. The molecular formula is C17H27N2O2+. The molecule has 1 aromatic rings. The predicted molar refractivity (Wildman–Crippen MR) is 84.6 cm³/mol. The molecule has 1 heterocycles. The molecule has 0 bridgehead atoms. The number of aryl methyl sites for hydroxylation is 1. The van der Waals surface area contributed by atoms with Crippen LogP contribution in [0.15, 0.2) is 24.3 Å². The first-order chi connectivity index (χ1) is 9.99. The highest BCUT2D eigenvalue weighted by Gasteiger charge is 2.32. The lowest BCUT2D eigenvalue weighted by Gasteiger charge is -2.35. The molecule has 0 radical (unpaired) electrons. The van der Waals surface area contributed by atoms with Crippen molar-refractivity contribution in [1.29, 1.82) is 0 Å². The molecule has 21 heavy (non-hydrogen) atoms. The molecule has 1 aliphatic heterocycles. The first-order valence-corrected chi connectivity index (χ1v) is 7.89. The third kappa shape index (κ3) is 4.29. The molecular weight excluding hydrogens is 264 g/mol. The Hall–Kier alpha value is -1.39. The molecule has 2 N–H and O–H groups in total. The Bertz CT molecular complexity index is 462. The summed E-state index contributed by atoms with van der Waals surface area (Å²) in [6.07, 6.45) is 1.43. The summed E-state index contributed by atoms with van der Waals surface area (Å²) < 4.78 is 5.74. The van der Waals surface area contributed by atoms with E-state index >= 15 is 0 Å². The van der Waals surface area contributed by atoms with Gasteiger partial charge in [-0.05, 0) is 44.9 Å². The van der Waals surface area contributed by atoms with E-state index in [1.165, 1.54) is 10.5 Å². The maximum absolute atomic E-state index is 12.4. The molecule has 1 saturated heterocycles. The van der Waals surface area contributed by atoms with E-state index in [0.29, 0.717) is 0 Å². The Morgan fingerprint density at radius 1 is 1.29 bits per heavy atom. The average Bonchev–Trinajstić information content (AvgIpc) is 2.46. The number of quaternary nitrogens is 1. The summed E-state index contributed by atoms with van der Waals surface area (Å²) in [5.74, 6) is 0.0792. The zero-order valence-electron chi connectivity index (χ0n) is 13.5. The lowest BCUT2D eigenvalue weighted by atomic mass is 10.1. The number of morpholine rings is 1. The summed E-state index contributed by atoms with van der Waals surface area (Å²) in [5, 5.41) is 3.02. The standard InChI is InChI=1S/C17H26N2O2/c1-5-15-6-8-16(9-7-15)18-17(20)14(4)19-10-12(2)21-13(3)11-19/h6-9,12-14H,5,10-11H2,1-4H3,(H,18,20)/p+1/t12-,13+,14-/m1/s1. The van der Waals surface area contributed by atoms with Crippen LogP contribution in [-0.4, -0.2) is 37.2 Å². The van der Waals surface area contributed by atoms with Gasteiger partial charge in [0.15, 0.2) is 6.04 Å². The maximum atomic E-state index is 12.4. The Morgan fingerprint density at radius 3 is 2.38 bits per heavy atom. The number of hydrogen-bond acceptors (Lipinski definition) is 2. The van der Waals surface area contributed by atoms with E-state index < -0.39 is 0 Å². The summed E-state index contributed by atoms with van der Waals surface area (Å²) in [6.45, 7) is 10.0. The third-order valence-electron chi connectivity index (χ3n) is 4.20. The van der Waals surface area contributed by atoms with Crippen molar-refractivity contribution in [2.75, 3.05) is 18.4 Å². The fourth-order valence-corrected chi connectivity index (χ4v) is 2.93. The number of carbonyl (C=O) groups is 1. The zero-order valence-corrected chi connectivity index (χ0v) is 13.5. The van der Waals surface area contributed by atoms with Crippen molar-refractivity contribution in [3.63, 3.8) is 0 Å². The van der Waals surface area contributed by atoms with Gasteiger partial charge in [-0.1, -0.05) is 19.1 Å². The van der Waals surface area contributed by atoms with Crippen LogP contribution in [0.5, 0.6) is 0 Å². The summed E-state index contributed by atoms with van der Waals surface area (Å²) >= 11 is 0. The SMILES string of the molecule is CCc1ccc(NC(=O)[C@@H](C)[NH+]2C[C@@H](C)O[C@@H](C)C2)cc1. The van der Waals surface area contributed by atoms with E-state index in [9.17, 15) is 4.79 Å². The number of amides is 1. The highest BCUT2D eigenvalue weighted by molar-refractivity contribution is 5.93. The van der Waals surface area contributed by atoms with Crippen LogP contribution >= 0.6 is 0 Å². The molecule has 0 spiro atoms. The van der Waals surface area contributed by atoms with Crippen molar-refractivity contribution < 1.29 is 14.4 Å². The average molecular weight is 291 g/mol. The third-order valence-corrected chi connectivity index (χ3v) is 4.20. The Morgan fingerprint density at radius 2 is 1.86 bits per heavy atom. The van der Waals surface area contributed by atoms with Crippen LogP contribution in [0.1, 0.15) is 33.3 Å². The van der Waals surface area contributed by atoms with Gasteiger partial charge in [0, 0.05) is 5.69 Å². The first-order valence-electron chi connectivity index (χ1n) is 7.89. The highest BCUT2D eigenvalue weighted by atomic mass is 16.5. The van der Waals surface area contributed by atoms with E-state index in [1.54, 1.807) is 0 Å². The molecule has 0 aliphatic carbocycles. The van der Waals surface area contributed by atoms with Gasteiger partial charge in [-0.3, -0.25) is 4.79 Å². The molecule has 4 atom stereocenters. The van der Waals surface area contributed by atoms with Crippen molar-refractivity contribution >= 4 is 11.6 Å². The minimum absolute atomic E-state index is 0.0651. The molecule has 1 fully saturated rings. The zero-order chi connectivity index (χ0) is 15.4. The van der Waals surface area contributed by atoms with Gasteiger partial charge in [-0.15, -0.1) is 0 Å². The van der Waals surface area contributed by atoms with Gasteiger partial charge in [-0.2, -0.15) is 0 Å². The molecule has 1 aliphatic rings. The van der Waals surface area contributed by atoms with E-state index in [-0.39, 0.29) is 24.2 Å². The van der Waals surface area contributed by atoms with E-state index in [1.807, 2.05) is 19.1 Å². The Labute approximate surface area is 127 Å². The number of hydrogen-bond donors (Lipinski definition) is 2. The number of anilines is 1. The predicted octanol–water partition coefficient (Wildman–Crippen LogP) is 1.27. The fourth-order valence-electron chi connectivity index (χ4n) is 2.93. The topological polar surface area (TPSA) is 42.8 Å². The van der Waals surface area contributed by atoms with Crippen LogP contribution in [0.2, 0.25) is 0 Å². The van der Waals surface area contributed by atoms with Crippen LogP contribution in [0.4, 0.5) is 5.69 Å². The molecule has 4 heteroatoms. The quantitative estimate of drug-likeness (QED) is 0.877. The smallest absolute Gasteiger partial charge is 0.282 e. The Kier molecular flexibility index (Phi) is 5.37. The monoisotopic (exact) mass is 291 g/mol. The Balaban J connectivity index is 1.95. The van der Waals surface area contributed by atoms with Crippen molar-refractivity contribution in [2.24, 2.45) is 0 Å². The molecule has 1 unspecified atom stereocenters. The van der Waals surface area contributed by atoms with Crippen molar-refractivity contribution in [1.82, 2.24) is 0 Å². The molecule has 0 saturated carbocycles. The van der Waals surface area contributed by atoms with Gasteiger partial charge in [0.1, 0.15) is 25.3 Å². The largest absolute Gasteiger partial charge is 0.364 e. The molecule has 1 aromatic carbocycles. The van der Waals surface area contributed by atoms with Gasteiger partial charge in [0.2, 0.25) is 0 Å². The first kappa shape index (κ1) is 16.0. The summed E-state index contributed by atoms with van der Waals surface area (Å²) in [7, 11) is 0. The summed E-state index contributed by atoms with van der Waals surface area (Å²) in [4.78, 5) is 13.7. The second kappa shape index (κ2) is 7.05. The van der Waals surface area contributed by atoms with Crippen LogP contribution < -0.4 is 10.2 Å². The second-order valence-electron chi connectivity index (χ2n) is 6.09. The molecule has 4 nitrogen and oxygen atoms in total. The van der Waals surface area contributed by atoms with Crippen LogP contribution in [0.25, 0.3) is 0 Å². The lowest BCUT2D eigenvalue weighted by Crippen LogP contribution is -3.19. The van der Waals surface area contributed by atoms with Crippen molar-refractivity contribution in [3.8, 4) is 0 Å². The highest BCUT2D eigenvalue weighted by Crippen LogP contribution is 2.10. The normalized spacial score (nSPS) is 27.1. The number of benzene rings is 1. The van der Waals surface area contributed by atoms with Crippen LogP contribution in [-0.2, 0) is 16.0 Å². The molecule has 116 valence electrons. The molecule has 2 rings (SSSR count). The lowest BCUT2D eigenvalue weighted by molar-refractivity contribution is -0.928. The number of nitrogens with one attached hydrogen (secondary N) is 2. The van der Waals surface area contributed by atoms with E-state index in [4.69, 9.17) is 4.74 Å². The number of carbonyl (C=O) groups excluding carboxylic acids is 1. The minimum Gasteiger partial charge on any atom is -0.364 e. The van der Waals surface area contributed by atoms with Crippen LogP contribution in [0.3, 0.4) is 0 Å². The van der Waals surface area contributed by atoms with Gasteiger partial charge < -0.3 is 15.0 Å². The van der Waals surface area contributed by atoms with E-state index in [0.717, 1.165) is 25.2 Å². The molecule has 0 aromatic heterocycles. The van der Waals surface area contributed by atoms with Crippen LogP contribution in [0, 0.1) is 0 Å². The fraction of sp³-hybridized carbons (Fsp3) is 0.588. The van der Waals surface area contributed by atoms with Gasteiger partial charge in [0.25, 0.3) is 5.91 Å². The van der Waals surface area contributed by atoms with Gasteiger partial charge in [-0.25, -0.2) is 0 Å². The number of ether oxygens (including phenoxy) is 1. The number of rotatable bonds is 4. The summed E-state index contributed by atoms with van der Waals surface area (Å²) in [5.41, 5.74) is 2.15. The van der Waals surface area contributed by atoms with Crippen molar-refractivity contribution in [3.05, 3.63) is 29.8 Å². The minimum atomic E-state index is -0.0651. The van der Waals surface area contributed by atoms with Crippen molar-refractivity contribution in [2.45, 2.75) is 52.4 Å². The maximum Gasteiger partial charge on any atom is 0.282 e. The van der Waals surface area contributed by atoms with E-state index in [2.05, 4.69) is 38.2 Å². The van der Waals surface area contributed by atoms with Gasteiger partial charge in [0.05, 0.1) is 0 Å².